The number of pyridine rings is 1. The van der Waals surface area contributed by atoms with Crippen molar-refractivity contribution in [1.29, 1.82) is 0 Å². The third kappa shape index (κ3) is 4.15. The van der Waals surface area contributed by atoms with Crippen molar-refractivity contribution in [3.63, 3.8) is 0 Å². The Labute approximate surface area is 162 Å². The number of carbonyl (C=O) groups is 3. The SMILES string of the molecule is O=C1CC[C@H](NC(=O)c2ccc(N3CCC(C4OCCO4)CC3)cn2)C(=O)N1. The molecule has 4 rings (SSSR count). The van der Waals surface area contributed by atoms with E-state index in [1.807, 2.05) is 6.07 Å². The van der Waals surface area contributed by atoms with E-state index in [-0.39, 0.29) is 24.3 Å². The molecule has 9 heteroatoms. The minimum atomic E-state index is -0.703. The summed E-state index contributed by atoms with van der Waals surface area (Å²) in [5, 5.41) is 4.86. The first-order valence-corrected chi connectivity index (χ1v) is 9.69. The van der Waals surface area contributed by atoms with E-state index in [9.17, 15) is 14.4 Å². The summed E-state index contributed by atoms with van der Waals surface area (Å²) in [6, 6.07) is 2.83. The van der Waals surface area contributed by atoms with E-state index in [2.05, 4.69) is 20.5 Å². The molecule has 0 aromatic carbocycles. The number of piperidine rings is 2. The molecule has 3 aliphatic heterocycles. The average Bonchev–Trinajstić information content (AvgIpc) is 3.25. The fourth-order valence-corrected chi connectivity index (χ4v) is 3.85. The smallest absolute Gasteiger partial charge is 0.270 e. The van der Waals surface area contributed by atoms with Crippen LogP contribution < -0.4 is 15.5 Å². The van der Waals surface area contributed by atoms with Gasteiger partial charge in [-0.3, -0.25) is 19.7 Å². The number of rotatable bonds is 4. The highest BCUT2D eigenvalue weighted by Gasteiger charge is 2.31. The van der Waals surface area contributed by atoms with Crippen LogP contribution in [0.1, 0.15) is 36.2 Å². The Kier molecular flexibility index (Phi) is 5.54. The summed E-state index contributed by atoms with van der Waals surface area (Å²) < 4.78 is 11.2. The number of carbonyl (C=O) groups excluding carboxylic acids is 3. The molecular formula is C19H24N4O5. The number of hydrogen-bond donors (Lipinski definition) is 2. The lowest BCUT2D eigenvalue weighted by Crippen LogP contribution is -2.52. The van der Waals surface area contributed by atoms with Crippen molar-refractivity contribution >= 4 is 23.4 Å². The molecule has 3 aliphatic rings. The number of anilines is 1. The molecule has 4 heterocycles. The first-order valence-electron chi connectivity index (χ1n) is 9.69. The van der Waals surface area contributed by atoms with Gasteiger partial charge in [0.25, 0.3) is 5.91 Å². The third-order valence-corrected chi connectivity index (χ3v) is 5.46. The maximum absolute atomic E-state index is 12.3. The molecule has 1 aromatic rings. The summed E-state index contributed by atoms with van der Waals surface area (Å²) >= 11 is 0. The van der Waals surface area contributed by atoms with Gasteiger partial charge in [0, 0.05) is 25.4 Å². The van der Waals surface area contributed by atoms with Gasteiger partial charge in [0.2, 0.25) is 11.8 Å². The molecule has 28 heavy (non-hydrogen) atoms. The number of hydrogen-bond acceptors (Lipinski definition) is 7. The molecule has 0 spiro atoms. The highest BCUT2D eigenvalue weighted by atomic mass is 16.7. The second-order valence-corrected chi connectivity index (χ2v) is 7.31. The second-order valence-electron chi connectivity index (χ2n) is 7.31. The summed E-state index contributed by atoms with van der Waals surface area (Å²) in [6.45, 7) is 3.13. The van der Waals surface area contributed by atoms with Gasteiger partial charge in [-0.2, -0.15) is 0 Å². The number of amides is 3. The van der Waals surface area contributed by atoms with Crippen molar-refractivity contribution in [2.75, 3.05) is 31.2 Å². The zero-order valence-electron chi connectivity index (χ0n) is 15.6. The van der Waals surface area contributed by atoms with Crippen LogP contribution in [-0.4, -0.2) is 61.3 Å². The summed E-state index contributed by atoms with van der Waals surface area (Å²) in [4.78, 5) is 41.8. The van der Waals surface area contributed by atoms with Crippen LogP contribution in [-0.2, 0) is 19.1 Å². The maximum atomic E-state index is 12.3. The van der Waals surface area contributed by atoms with Crippen molar-refractivity contribution in [1.82, 2.24) is 15.6 Å². The fourth-order valence-electron chi connectivity index (χ4n) is 3.85. The van der Waals surface area contributed by atoms with Crippen molar-refractivity contribution < 1.29 is 23.9 Å². The van der Waals surface area contributed by atoms with Gasteiger partial charge in [-0.1, -0.05) is 0 Å². The molecule has 3 fully saturated rings. The molecule has 9 nitrogen and oxygen atoms in total. The van der Waals surface area contributed by atoms with Crippen LogP contribution in [0.3, 0.4) is 0 Å². The van der Waals surface area contributed by atoms with E-state index in [4.69, 9.17) is 9.47 Å². The van der Waals surface area contributed by atoms with Crippen molar-refractivity contribution in [3.05, 3.63) is 24.0 Å². The standard InChI is InChI=1S/C19H24N4O5/c24-16-4-3-15(18(26)22-16)21-17(25)14-2-1-13(11-20-14)23-7-5-12(6-8-23)19-27-9-10-28-19/h1-2,11-12,15,19H,3-10H2,(H,21,25)(H,22,24,26)/t15-/m0/s1. The molecule has 3 amide bonds. The molecule has 0 radical (unpaired) electrons. The first kappa shape index (κ1) is 18.8. The molecule has 2 N–H and O–H groups in total. The molecule has 1 aromatic heterocycles. The normalized spacial score (nSPS) is 24.3. The molecule has 0 saturated carbocycles. The van der Waals surface area contributed by atoms with E-state index in [1.54, 1.807) is 12.3 Å². The third-order valence-electron chi connectivity index (χ3n) is 5.46. The summed E-state index contributed by atoms with van der Waals surface area (Å²) in [7, 11) is 0. The van der Waals surface area contributed by atoms with Crippen molar-refractivity contribution in [2.45, 2.75) is 38.0 Å². The largest absolute Gasteiger partial charge is 0.370 e. The van der Waals surface area contributed by atoms with Crippen LogP contribution in [0.15, 0.2) is 18.3 Å². The van der Waals surface area contributed by atoms with Crippen LogP contribution in [0.2, 0.25) is 0 Å². The van der Waals surface area contributed by atoms with Gasteiger partial charge >= 0.3 is 0 Å². The maximum Gasteiger partial charge on any atom is 0.270 e. The zero-order chi connectivity index (χ0) is 19.5. The molecule has 1 atom stereocenters. The molecule has 0 bridgehead atoms. The van der Waals surface area contributed by atoms with Crippen LogP contribution >= 0.6 is 0 Å². The number of aromatic nitrogens is 1. The number of nitrogens with one attached hydrogen (secondary N) is 2. The predicted octanol–water partition coefficient (Wildman–Crippen LogP) is 0.206. The number of ether oxygens (including phenoxy) is 2. The molecular weight excluding hydrogens is 364 g/mol. The second kappa shape index (κ2) is 8.24. The van der Waals surface area contributed by atoms with E-state index >= 15 is 0 Å². The zero-order valence-corrected chi connectivity index (χ0v) is 15.6. The van der Waals surface area contributed by atoms with E-state index in [0.717, 1.165) is 31.6 Å². The van der Waals surface area contributed by atoms with Gasteiger partial charge in [-0.05, 0) is 31.4 Å². The Morgan fingerprint density at radius 2 is 1.89 bits per heavy atom. The van der Waals surface area contributed by atoms with E-state index < -0.39 is 17.9 Å². The highest BCUT2D eigenvalue weighted by Crippen LogP contribution is 2.28. The minimum absolute atomic E-state index is 0.0707. The van der Waals surface area contributed by atoms with Crippen molar-refractivity contribution in [2.24, 2.45) is 5.92 Å². The van der Waals surface area contributed by atoms with Crippen molar-refractivity contribution in [3.8, 4) is 0 Å². The van der Waals surface area contributed by atoms with Gasteiger partial charge in [-0.15, -0.1) is 0 Å². The summed E-state index contributed by atoms with van der Waals surface area (Å²) in [5.74, 6) is -0.785. The lowest BCUT2D eigenvalue weighted by molar-refractivity contribution is -0.134. The molecule has 150 valence electrons. The van der Waals surface area contributed by atoms with E-state index in [0.29, 0.717) is 25.6 Å². The monoisotopic (exact) mass is 388 g/mol. The highest BCUT2D eigenvalue weighted by molar-refractivity contribution is 6.03. The van der Waals surface area contributed by atoms with Gasteiger partial charge in [0.15, 0.2) is 6.29 Å². The Bertz CT molecular complexity index is 739. The van der Waals surface area contributed by atoms with Crippen LogP contribution in [0.4, 0.5) is 5.69 Å². The fraction of sp³-hybridized carbons (Fsp3) is 0.579. The summed E-state index contributed by atoms with van der Waals surface area (Å²) in [5.41, 5.74) is 1.21. The van der Waals surface area contributed by atoms with Crippen LogP contribution in [0.5, 0.6) is 0 Å². The number of nitrogens with zero attached hydrogens (tertiary/aromatic N) is 2. The molecule has 3 saturated heterocycles. The average molecular weight is 388 g/mol. The summed E-state index contributed by atoms with van der Waals surface area (Å²) in [6.07, 6.45) is 4.11. The van der Waals surface area contributed by atoms with E-state index in [1.165, 1.54) is 0 Å². The Balaban J connectivity index is 1.30. The lowest BCUT2D eigenvalue weighted by atomic mass is 9.96. The first-order chi connectivity index (χ1) is 13.6. The van der Waals surface area contributed by atoms with Gasteiger partial charge in [0.05, 0.1) is 25.1 Å². The lowest BCUT2D eigenvalue weighted by Gasteiger charge is -2.35. The van der Waals surface area contributed by atoms with Gasteiger partial charge < -0.3 is 19.7 Å². The van der Waals surface area contributed by atoms with Gasteiger partial charge in [-0.25, -0.2) is 4.98 Å². The van der Waals surface area contributed by atoms with Crippen LogP contribution in [0.25, 0.3) is 0 Å². The quantitative estimate of drug-likeness (QED) is 0.710. The predicted molar refractivity (Wildman–Crippen MR) is 98.5 cm³/mol. The van der Waals surface area contributed by atoms with Crippen LogP contribution in [0, 0.1) is 5.92 Å². The topological polar surface area (TPSA) is 110 Å². The Hall–Kier alpha value is -2.52. The number of imide groups is 1. The minimum Gasteiger partial charge on any atom is -0.370 e. The Morgan fingerprint density at radius 1 is 1.14 bits per heavy atom. The Morgan fingerprint density at radius 3 is 2.54 bits per heavy atom. The molecule has 0 unspecified atom stereocenters. The van der Waals surface area contributed by atoms with Gasteiger partial charge in [0.1, 0.15) is 11.7 Å². The molecule has 0 aliphatic carbocycles.